The van der Waals surface area contributed by atoms with Crippen molar-refractivity contribution in [2.24, 2.45) is 0 Å². The summed E-state index contributed by atoms with van der Waals surface area (Å²) in [4.78, 5) is 10.7. The summed E-state index contributed by atoms with van der Waals surface area (Å²) in [5, 5.41) is 0.832. The minimum atomic E-state index is 0.529. The van der Waals surface area contributed by atoms with Crippen LogP contribution in [0.2, 0.25) is 0 Å². The summed E-state index contributed by atoms with van der Waals surface area (Å²) in [5.41, 5.74) is 2.71. The maximum absolute atomic E-state index is 6.03. The summed E-state index contributed by atoms with van der Waals surface area (Å²) < 4.78 is 11.7. The highest BCUT2D eigenvalue weighted by molar-refractivity contribution is 5.84. The maximum atomic E-state index is 6.03. The number of aryl methyl sites for hydroxylation is 2. The molecule has 3 rings (SSSR count). The van der Waals surface area contributed by atoms with Crippen molar-refractivity contribution in [3.8, 4) is 11.6 Å². The number of rotatable bonds is 5. The van der Waals surface area contributed by atoms with Crippen LogP contribution in [-0.4, -0.2) is 23.1 Å². The highest BCUT2D eigenvalue weighted by atomic mass is 16.5. The Bertz CT molecular complexity index is 822. The van der Waals surface area contributed by atoms with Gasteiger partial charge in [0.05, 0.1) is 0 Å². The predicted molar refractivity (Wildman–Crippen MR) is 91.4 cm³/mol. The number of hydrogen-bond acceptors (Lipinski definition) is 5. The Hall–Kier alpha value is -2.56. The summed E-state index contributed by atoms with van der Waals surface area (Å²) in [6.07, 6.45) is 1.47. The quantitative estimate of drug-likeness (QED) is 0.695. The van der Waals surface area contributed by atoms with Crippen molar-refractivity contribution in [2.75, 3.05) is 18.0 Å². The molecule has 5 nitrogen and oxygen atoms in total. The summed E-state index contributed by atoms with van der Waals surface area (Å²) in [6, 6.07) is 8.05. The van der Waals surface area contributed by atoms with Crippen LogP contribution in [0.15, 0.2) is 35.0 Å². The first-order valence-corrected chi connectivity index (χ1v) is 7.87. The van der Waals surface area contributed by atoms with Gasteiger partial charge >= 0.3 is 0 Å². The van der Waals surface area contributed by atoms with Crippen LogP contribution in [0, 0.1) is 13.8 Å². The van der Waals surface area contributed by atoms with E-state index in [1.807, 2.05) is 32.0 Å². The van der Waals surface area contributed by atoms with Crippen LogP contribution >= 0.6 is 0 Å². The number of fused-ring (bicyclic) bond motifs is 1. The number of ether oxygens (including phenoxy) is 1. The first kappa shape index (κ1) is 15.3. The van der Waals surface area contributed by atoms with Crippen molar-refractivity contribution >= 4 is 16.8 Å². The van der Waals surface area contributed by atoms with Crippen molar-refractivity contribution in [1.29, 1.82) is 0 Å². The Kier molecular flexibility index (Phi) is 4.19. The van der Waals surface area contributed by atoms with Crippen LogP contribution in [-0.2, 0) is 0 Å². The highest BCUT2D eigenvalue weighted by Crippen LogP contribution is 2.33. The fourth-order valence-corrected chi connectivity index (χ4v) is 2.67. The first-order chi connectivity index (χ1) is 11.1. The Morgan fingerprint density at radius 3 is 2.65 bits per heavy atom. The summed E-state index contributed by atoms with van der Waals surface area (Å²) in [5.74, 6) is 2.12. The molecule has 0 aliphatic heterocycles. The molecule has 0 aliphatic rings. The van der Waals surface area contributed by atoms with E-state index in [2.05, 4.69) is 34.8 Å². The van der Waals surface area contributed by atoms with Gasteiger partial charge in [0, 0.05) is 30.4 Å². The second kappa shape index (κ2) is 6.28. The van der Waals surface area contributed by atoms with E-state index < -0.39 is 0 Å². The van der Waals surface area contributed by atoms with E-state index in [9.17, 15) is 0 Å². The van der Waals surface area contributed by atoms with Gasteiger partial charge in [0.2, 0.25) is 11.6 Å². The van der Waals surface area contributed by atoms with Gasteiger partial charge in [-0.2, -0.15) is 0 Å². The predicted octanol–water partition coefficient (Wildman–Crippen LogP) is 4.48. The molecule has 0 fully saturated rings. The number of furan rings is 1. The summed E-state index contributed by atoms with van der Waals surface area (Å²) in [7, 11) is 0. The molecule has 0 amide bonds. The molecule has 120 valence electrons. The highest BCUT2D eigenvalue weighted by Gasteiger charge is 2.15. The van der Waals surface area contributed by atoms with Crippen LogP contribution in [0.25, 0.3) is 11.1 Å². The van der Waals surface area contributed by atoms with Gasteiger partial charge in [0.25, 0.3) is 0 Å². The number of benzene rings is 1. The van der Waals surface area contributed by atoms with Crippen LogP contribution in [0.4, 0.5) is 5.69 Å². The smallest absolute Gasteiger partial charge is 0.233 e. The molecule has 0 spiro atoms. The van der Waals surface area contributed by atoms with E-state index in [4.69, 9.17) is 9.15 Å². The fraction of sp³-hybridized carbons (Fsp3) is 0.333. The number of aromatic nitrogens is 2. The second-order valence-corrected chi connectivity index (χ2v) is 5.41. The van der Waals surface area contributed by atoms with Crippen LogP contribution in [0.3, 0.4) is 0 Å². The summed E-state index contributed by atoms with van der Waals surface area (Å²) >= 11 is 0. The minimum Gasteiger partial charge on any atom is -0.443 e. The maximum Gasteiger partial charge on any atom is 0.233 e. The summed E-state index contributed by atoms with van der Waals surface area (Å²) in [6.45, 7) is 10.1. The van der Waals surface area contributed by atoms with Gasteiger partial charge in [-0.1, -0.05) is 6.07 Å². The first-order valence-electron chi connectivity index (χ1n) is 7.87. The van der Waals surface area contributed by atoms with Crippen LogP contribution in [0.1, 0.15) is 25.2 Å². The molecule has 23 heavy (non-hydrogen) atoms. The van der Waals surface area contributed by atoms with E-state index in [0.717, 1.165) is 41.2 Å². The van der Waals surface area contributed by atoms with Crippen molar-refractivity contribution < 1.29 is 9.15 Å². The SMILES string of the molecule is CCN(CC)c1cccc(Oc2ncnc3oc(C)c(C)c23)c1. The van der Waals surface area contributed by atoms with E-state index >= 15 is 0 Å². The largest absolute Gasteiger partial charge is 0.443 e. The van der Waals surface area contributed by atoms with Crippen molar-refractivity contribution in [3.05, 3.63) is 41.9 Å². The Morgan fingerprint density at radius 1 is 1.13 bits per heavy atom. The molecular weight excluding hydrogens is 290 g/mol. The Labute approximate surface area is 135 Å². The molecule has 0 radical (unpaired) electrons. The average molecular weight is 311 g/mol. The van der Waals surface area contributed by atoms with Gasteiger partial charge in [-0.05, 0) is 39.8 Å². The van der Waals surface area contributed by atoms with E-state index in [1.54, 1.807) is 0 Å². The average Bonchev–Trinajstić information content (AvgIpc) is 2.85. The molecule has 2 aromatic heterocycles. The fourth-order valence-electron chi connectivity index (χ4n) is 2.67. The molecule has 3 aromatic rings. The van der Waals surface area contributed by atoms with Gasteiger partial charge in [-0.25, -0.2) is 9.97 Å². The van der Waals surface area contributed by atoms with Crippen molar-refractivity contribution in [2.45, 2.75) is 27.7 Å². The normalized spacial score (nSPS) is 11.0. The number of nitrogens with zero attached hydrogens (tertiary/aromatic N) is 3. The van der Waals surface area contributed by atoms with Gasteiger partial charge in [-0.15, -0.1) is 0 Å². The number of anilines is 1. The van der Waals surface area contributed by atoms with E-state index in [1.165, 1.54) is 6.33 Å². The molecule has 0 bridgehead atoms. The molecule has 0 saturated carbocycles. The van der Waals surface area contributed by atoms with E-state index in [-0.39, 0.29) is 0 Å². The Morgan fingerprint density at radius 2 is 1.91 bits per heavy atom. The molecule has 1 aromatic carbocycles. The van der Waals surface area contributed by atoms with E-state index in [0.29, 0.717) is 11.6 Å². The lowest BCUT2D eigenvalue weighted by atomic mass is 10.2. The molecule has 2 heterocycles. The molecule has 0 atom stereocenters. The zero-order valence-corrected chi connectivity index (χ0v) is 14.0. The molecule has 0 aliphatic carbocycles. The third-order valence-electron chi connectivity index (χ3n) is 4.09. The van der Waals surface area contributed by atoms with Crippen molar-refractivity contribution in [3.63, 3.8) is 0 Å². The van der Waals surface area contributed by atoms with Gasteiger partial charge in [0.15, 0.2) is 0 Å². The third kappa shape index (κ3) is 2.86. The molecule has 5 heteroatoms. The van der Waals surface area contributed by atoms with Gasteiger partial charge < -0.3 is 14.1 Å². The standard InChI is InChI=1S/C18H21N3O2/c1-5-21(6-2)14-8-7-9-15(10-14)23-18-16-12(3)13(4)22-17(16)19-11-20-18/h7-11H,5-6H2,1-4H3. The number of hydrogen-bond donors (Lipinski definition) is 0. The molecular formula is C18H21N3O2. The lowest BCUT2D eigenvalue weighted by Gasteiger charge is -2.21. The minimum absolute atomic E-state index is 0.529. The van der Waals surface area contributed by atoms with Gasteiger partial charge in [0.1, 0.15) is 23.2 Å². The van der Waals surface area contributed by atoms with Crippen molar-refractivity contribution in [1.82, 2.24) is 9.97 Å². The van der Waals surface area contributed by atoms with Gasteiger partial charge in [-0.3, -0.25) is 0 Å². The molecule has 0 unspecified atom stereocenters. The Balaban J connectivity index is 1.98. The third-order valence-corrected chi connectivity index (χ3v) is 4.09. The monoisotopic (exact) mass is 311 g/mol. The second-order valence-electron chi connectivity index (χ2n) is 5.41. The zero-order chi connectivity index (χ0) is 16.4. The van der Waals surface area contributed by atoms with Crippen LogP contribution < -0.4 is 9.64 Å². The topological polar surface area (TPSA) is 51.4 Å². The lowest BCUT2D eigenvalue weighted by molar-refractivity contribution is 0.467. The molecule has 0 N–H and O–H groups in total. The lowest BCUT2D eigenvalue weighted by Crippen LogP contribution is -2.21. The molecule has 0 saturated heterocycles. The van der Waals surface area contributed by atoms with Crippen LogP contribution in [0.5, 0.6) is 11.6 Å². The zero-order valence-electron chi connectivity index (χ0n) is 14.0.